The Morgan fingerprint density at radius 3 is 2.47 bits per heavy atom. The van der Waals surface area contributed by atoms with E-state index in [4.69, 9.17) is 0 Å². The first-order valence-corrected chi connectivity index (χ1v) is 6.32. The van der Waals surface area contributed by atoms with Gasteiger partial charge in [-0.1, -0.05) is 19.1 Å². The van der Waals surface area contributed by atoms with Gasteiger partial charge in [-0.2, -0.15) is 0 Å². The SMILES string of the molecule is CCC(CO)(NCC1CC1)c1ccc(F)cc1. The van der Waals surface area contributed by atoms with Gasteiger partial charge in [0.2, 0.25) is 0 Å². The van der Waals surface area contributed by atoms with Gasteiger partial charge in [-0.25, -0.2) is 4.39 Å². The molecule has 17 heavy (non-hydrogen) atoms. The lowest BCUT2D eigenvalue weighted by molar-refractivity contribution is 0.154. The molecule has 1 aliphatic rings. The van der Waals surface area contributed by atoms with Crippen molar-refractivity contribution < 1.29 is 9.50 Å². The minimum absolute atomic E-state index is 0.0435. The molecule has 0 aliphatic heterocycles. The van der Waals surface area contributed by atoms with Crippen molar-refractivity contribution in [2.24, 2.45) is 5.92 Å². The van der Waals surface area contributed by atoms with Gasteiger partial charge in [0.05, 0.1) is 12.1 Å². The maximum absolute atomic E-state index is 12.9. The van der Waals surface area contributed by atoms with E-state index in [-0.39, 0.29) is 12.4 Å². The van der Waals surface area contributed by atoms with Gasteiger partial charge in [0.1, 0.15) is 5.82 Å². The normalized spacial score (nSPS) is 19.0. The van der Waals surface area contributed by atoms with Crippen LogP contribution in [0.3, 0.4) is 0 Å². The summed E-state index contributed by atoms with van der Waals surface area (Å²) in [6.07, 6.45) is 3.35. The van der Waals surface area contributed by atoms with Gasteiger partial charge >= 0.3 is 0 Å². The first-order valence-electron chi connectivity index (χ1n) is 6.32. The van der Waals surface area contributed by atoms with Crippen LogP contribution in [0.4, 0.5) is 4.39 Å². The van der Waals surface area contributed by atoms with E-state index in [0.717, 1.165) is 24.4 Å². The number of nitrogens with one attached hydrogen (secondary N) is 1. The van der Waals surface area contributed by atoms with Crippen molar-refractivity contribution in [3.8, 4) is 0 Å². The maximum Gasteiger partial charge on any atom is 0.123 e. The Morgan fingerprint density at radius 1 is 1.35 bits per heavy atom. The lowest BCUT2D eigenvalue weighted by Crippen LogP contribution is -2.46. The van der Waals surface area contributed by atoms with Crippen LogP contribution in [-0.2, 0) is 5.54 Å². The molecule has 3 heteroatoms. The van der Waals surface area contributed by atoms with Gasteiger partial charge in [0, 0.05) is 0 Å². The summed E-state index contributed by atoms with van der Waals surface area (Å²) in [5.74, 6) is 0.520. The molecule has 1 aromatic rings. The van der Waals surface area contributed by atoms with Crippen LogP contribution in [0.15, 0.2) is 24.3 Å². The molecule has 0 amide bonds. The molecule has 1 aliphatic carbocycles. The monoisotopic (exact) mass is 237 g/mol. The fourth-order valence-corrected chi connectivity index (χ4v) is 2.12. The van der Waals surface area contributed by atoms with Crippen LogP contribution in [0.5, 0.6) is 0 Å². The summed E-state index contributed by atoms with van der Waals surface area (Å²) in [7, 11) is 0. The molecule has 1 saturated carbocycles. The first-order chi connectivity index (χ1) is 8.20. The van der Waals surface area contributed by atoms with E-state index >= 15 is 0 Å². The molecule has 2 rings (SSSR count). The van der Waals surface area contributed by atoms with Gasteiger partial charge < -0.3 is 10.4 Å². The lowest BCUT2D eigenvalue weighted by Gasteiger charge is -2.33. The number of hydrogen-bond donors (Lipinski definition) is 2. The van der Waals surface area contributed by atoms with Crippen LogP contribution in [-0.4, -0.2) is 18.3 Å². The summed E-state index contributed by atoms with van der Waals surface area (Å²) in [4.78, 5) is 0. The Hall–Kier alpha value is -0.930. The number of hydrogen-bond acceptors (Lipinski definition) is 2. The van der Waals surface area contributed by atoms with Crippen molar-refractivity contribution in [1.82, 2.24) is 5.32 Å². The minimum Gasteiger partial charge on any atom is -0.394 e. The zero-order chi connectivity index (χ0) is 12.3. The summed E-state index contributed by atoms with van der Waals surface area (Å²) in [5, 5.41) is 13.1. The van der Waals surface area contributed by atoms with E-state index in [1.807, 2.05) is 6.92 Å². The molecule has 2 N–H and O–H groups in total. The molecule has 2 nitrogen and oxygen atoms in total. The average Bonchev–Trinajstić information content (AvgIpc) is 3.17. The molecule has 94 valence electrons. The molecule has 0 saturated heterocycles. The highest BCUT2D eigenvalue weighted by molar-refractivity contribution is 5.25. The number of rotatable bonds is 6. The third-order valence-corrected chi connectivity index (χ3v) is 3.70. The zero-order valence-electron chi connectivity index (χ0n) is 10.2. The third-order valence-electron chi connectivity index (χ3n) is 3.70. The van der Waals surface area contributed by atoms with Crippen LogP contribution < -0.4 is 5.32 Å². The number of benzene rings is 1. The van der Waals surface area contributed by atoms with E-state index < -0.39 is 5.54 Å². The van der Waals surface area contributed by atoms with Gasteiger partial charge in [-0.3, -0.25) is 0 Å². The number of aliphatic hydroxyl groups excluding tert-OH is 1. The molecule has 0 radical (unpaired) electrons. The van der Waals surface area contributed by atoms with Gasteiger partial charge in [-0.15, -0.1) is 0 Å². The van der Waals surface area contributed by atoms with Crippen LogP contribution in [0, 0.1) is 11.7 Å². The first kappa shape index (κ1) is 12.5. The van der Waals surface area contributed by atoms with Crippen molar-refractivity contribution in [3.63, 3.8) is 0 Å². The molecule has 1 atom stereocenters. The molecule has 0 aromatic heterocycles. The molecule has 1 fully saturated rings. The van der Waals surface area contributed by atoms with Crippen molar-refractivity contribution in [1.29, 1.82) is 0 Å². The highest BCUT2D eigenvalue weighted by Crippen LogP contribution is 2.31. The quantitative estimate of drug-likeness (QED) is 0.796. The van der Waals surface area contributed by atoms with Crippen molar-refractivity contribution in [2.45, 2.75) is 31.7 Å². The summed E-state index contributed by atoms with van der Waals surface area (Å²) in [6.45, 7) is 3.02. The highest BCUT2D eigenvalue weighted by atomic mass is 19.1. The molecular formula is C14H20FNO. The highest BCUT2D eigenvalue weighted by Gasteiger charge is 2.32. The smallest absolute Gasteiger partial charge is 0.123 e. The van der Waals surface area contributed by atoms with Crippen molar-refractivity contribution in [3.05, 3.63) is 35.6 Å². The fraction of sp³-hybridized carbons (Fsp3) is 0.571. The predicted molar refractivity (Wildman–Crippen MR) is 66.2 cm³/mol. The fourth-order valence-electron chi connectivity index (χ4n) is 2.12. The Balaban J connectivity index is 2.15. The van der Waals surface area contributed by atoms with Gasteiger partial charge in [-0.05, 0) is 49.4 Å². The molecule has 1 aromatic carbocycles. The summed E-state index contributed by atoms with van der Waals surface area (Å²) < 4.78 is 12.9. The van der Waals surface area contributed by atoms with Gasteiger partial charge in [0.25, 0.3) is 0 Å². The van der Waals surface area contributed by atoms with Crippen molar-refractivity contribution >= 4 is 0 Å². The molecule has 0 spiro atoms. The minimum atomic E-state index is -0.420. The van der Waals surface area contributed by atoms with E-state index in [1.165, 1.54) is 25.0 Å². The largest absolute Gasteiger partial charge is 0.394 e. The maximum atomic E-state index is 12.9. The zero-order valence-corrected chi connectivity index (χ0v) is 10.2. The van der Waals surface area contributed by atoms with E-state index in [0.29, 0.717) is 0 Å². The van der Waals surface area contributed by atoms with Gasteiger partial charge in [0.15, 0.2) is 0 Å². The second-order valence-electron chi connectivity index (χ2n) is 4.92. The molecule has 1 unspecified atom stereocenters. The lowest BCUT2D eigenvalue weighted by atomic mass is 9.87. The topological polar surface area (TPSA) is 32.3 Å². The number of halogens is 1. The van der Waals surface area contributed by atoms with E-state index in [1.54, 1.807) is 12.1 Å². The van der Waals surface area contributed by atoms with Crippen LogP contribution in [0.2, 0.25) is 0 Å². The molecule has 0 heterocycles. The Labute approximate surface area is 102 Å². The van der Waals surface area contributed by atoms with Crippen LogP contribution in [0.1, 0.15) is 31.7 Å². The Bertz CT molecular complexity index is 355. The summed E-state index contributed by atoms with van der Waals surface area (Å²) in [5.41, 5.74) is 0.542. The van der Waals surface area contributed by atoms with Crippen molar-refractivity contribution in [2.75, 3.05) is 13.2 Å². The Morgan fingerprint density at radius 2 is 2.00 bits per heavy atom. The Kier molecular flexibility index (Phi) is 3.79. The van der Waals surface area contributed by atoms with Crippen LogP contribution >= 0.6 is 0 Å². The molecule has 0 bridgehead atoms. The van der Waals surface area contributed by atoms with E-state index in [2.05, 4.69) is 5.32 Å². The second kappa shape index (κ2) is 5.15. The summed E-state index contributed by atoms with van der Waals surface area (Å²) in [6, 6.07) is 6.42. The van der Waals surface area contributed by atoms with Crippen LogP contribution in [0.25, 0.3) is 0 Å². The average molecular weight is 237 g/mol. The number of aliphatic hydroxyl groups is 1. The summed E-state index contributed by atoms with van der Waals surface area (Å²) >= 11 is 0. The second-order valence-corrected chi connectivity index (χ2v) is 4.92. The molecular weight excluding hydrogens is 217 g/mol. The third kappa shape index (κ3) is 2.85. The predicted octanol–water partition coefficient (Wildman–Crippen LogP) is 2.42. The van der Waals surface area contributed by atoms with E-state index in [9.17, 15) is 9.50 Å². The standard InChI is InChI=1S/C14H20FNO/c1-2-14(10-17,16-9-11-3-4-11)12-5-7-13(15)8-6-12/h5-8,11,16-17H,2-4,9-10H2,1H3.